The van der Waals surface area contributed by atoms with Crippen LogP contribution in [0.5, 0.6) is 0 Å². The van der Waals surface area contributed by atoms with Gasteiger partial charge in [0.2, 0.25) is 5.95 Å². The number of nitrogens with zero attached hydrogens (tertiary/aromatic N) is 4. The maximum atomic E-state index is 15.2. The topological polar surface area (TPSA) is 75.1 Å². The number of hydrogen-bond acceptors (Lipinski definition) is 7. The van der Waals surface area contributed by atoms with Gasteiger partial charge in [0.05, 0.1) is 16.8 Å². The molecule has 3 aromatic rings. The summed E-state index contributed by atoms with van der Waals surface area (Å²) < 4.78 is 35.9. The summed E-state index contributed by atoms with van der Waals surface area (Å²) in [4.78, 5) is 21.7. The number of fused-ring (bicyclic) bond motifs is 1. The van der Waals surface area contributed by atoms with E-state index in [0.717, 1.165) is 19.2 Å². The van der Waals surface area contributed by atoms with Crippen LogP contribution in [0.1, 0.15) is 19.8 Å². The molecule has 0 unspecified atom stereocenters. The Labute approximate surface area is 183 Å². The van der Waals surface area contributed by atoms with Crippen LogP contribution in [0.25, 0.3) is 22.2 Å². The van der Waals surface area contributed by atoms with Crippen molar-refractivity contribution in [3.8, 4) is 11.1 Å². The van der Waals surface area contributed by atoms with Crippen LogP contribution in [0, 0.1) is 17.6 Å². The first kappa shape index (κ1) is 21.5. The number of nitrogens with one attached hydrogen (secondary N) is 2. The van der Waals surface area contributed by atoms with Crippen LogP contribution < -0.4 is 15.6 Å². The van der Waals surface area contributed by atoms with Crippen LogP contribution in [-0.2, 0) is 7.05 Å². The van der Waals surface area contributed by atoms with Crippen LogP contribution in [0.4, 0.5) is 20.4 Å². The third-order valence-corrected chi connectivity index (χ3v) is 6.19. The minimum Gasteiger partial charge on any atom is -0.354 e. The molecule has 1 saturated carbocycles. The lowest BCUT2D eigenvalue weighted by Crippen LogP contribution is -2.21. The molecule has 1 fully saturated rings. The molecular formula is C21H24F2N6OS. The van der Waals surface area contributed by atoms with E-state index in [1.165, 1.54) is 48.7 Å². The molecule has 4 rings (SSSR count). The summed E-state index contributed by atoms with van der Waals surface area (Å²) >= 11 is 1.19. The average molecular weight is 447 g/mol. The summed E-state index contributed by atoms with van der Waals surface area (Å²) in [5.74, 6) is -0.551. The number of anilines is 2. The van der Waals surface area contributed by atoms with Crippen LogP contribution >= 0.6 is 12.1 Å². The fourth-order valence-corrected chi connectivity index (χ4v) is 3.68. The quantitative estimate of drug-likeness (QED) is 0.506. The zero-order valence-electron chi connectivity index (χ0n) is 17.6. The van der Waals surface area contributed by atoms with E-state index in [2.05, 4.69) is 20.0 Å². The van der Waals surface area contributed by atoms with E-state index in [1.54, 1.807) is 6.20 Å². The Kier molecular flexibility index (Phi) is 6.10. The van der Waals surface area contributed by atoms with Crippen LogP contribution in [0.2, 0.25) is 0 Å². The fourth-order valence-electron chi connectivity index (χ4n) is 3.14. The highest BCUT2D eigenvalue weighted by Crippen LogP contribution is 2.32. The van der Waals surface area contributed by atoms with Crippen molar-refractivity contribution in [1.82, 2.24) is 18.8 Å². The SMILES string of the molecule is CCN(C)SNc1ccc(F)c(-c2cc3cnc(NCC4CC4)nc3n(C)c2=O)c1F. The molecule has 1 aliphatic carbocycles. The van der Waals surface area contributed by atoms with Gasteiger partial charge in [-0.05, 0) is 44.0 Å². The van der Waals surface area contributed by atoms with Gasteiger partial charge < -0.3 is 10.0 Å². The highest BCUT2D eigenvalue weighted by Gasteiger charge is 2.22. The van der Waals surface area contributed by atoms with E-state index in [1.807, 2.05) is 18.3 Å². The summed E-state index contributed by atoms with van der Waals surface area (Å²) in [6.45, 7) is 3.48. The Hall–Kier alpha value is -2.72. The molecule has 0 radical (unpaired) electrons. The molecule has 0 aliphatic heterocycles. The summed E-state index contributed by atoms with van der Waals surface area (Å²) in [5.41, 5.74) is -0.488. The molecule has 7 nitrogen and oxygen atoms in total. The molecule has 0 amide bonds. The summed E-state index contributed by atoms with van der Waals surface area (Å²) in [6.07, 6.45) is 3.95. The first-order valence-electron chi connectivity index (χ1n) is 10.1. The minimum absolute atomic E-state index is 0.0789. The van der Waals surface area contributed by atoms with Gasteiger partial charge in [0.15, 0.2) is 5.82 Å². The molecule has 1 aliphatic rings. The molecule has 0 bridgehead atoms. The number of rotatable bonds is 8. The van der Waals surface area contributed by atoms with E-state index in [0.29, 0.717) is 22.9 Å². The molecule has 10 heteroatoms. The lowest BCUT2D eigenvalue weighted by Gasteiger charge is -2.16. The van der Waals surface area contributed by atoms with E-state index in [-0.39, 0.29) is 16.8 Å². The second kappa shape index (κ2) is 8.80. The van der Waals surface area contributed by atoms with Gasteiger partial charge >= 0.3 is 0 Å². The fraction of sp³-hybridized carbons (Fsp3) is 0.381. The van der Waals surface area contributed by atoms with Gasteiger partial charge in [-0.2, -0.15) is 4.98 Å². The van der Waals surface area contributed by atoms with Crippen LogP contribution in [0.15, 0.2) is 29.2 Å². The monoisotopic (exact) mass is 446 g/mol. The van der Waals surface area contributed by atoms with Gasteiger partial charge in [-0.1, -0.05) is 6.92 Å². The zero-order chi connectivity index (χ0) is 22.1. The molecule has 0 spiro atoms. The van der Waals surface area contributed by atoms with E-state index < -0.39 is 17.2 Å². The molecule has 164 valence electrons. The van der Waals surface area contributed by atoms with Crippen LogP contribution in [0.3, 0.4) is 0 Å². The Morgan fingerprint density at radius 2 is 2.10 bits per heavy atom. The number of benzene rings is 1. The summed E-state index contributed by atoms with van der Waals surface area (Å²) in [5, 5.41) is 3.69. The van der Waals surface area contributed by atoms with Crippen molar-refractivity contribution in [2.24, 2.45) is 13.0 Å². The predicted molar refractivity (Wildman–Crippen MR) is 121 cm³/mol. The standard InChI is InChI=1S/C21H24F2N6OS/c1-4-28(2)31-27-16-8-7-15(22)17(18(16)23)14-9-13-11-25-21(24-10-12-5-6-12)26-19(13)29(3)20(14)30/h7-9,11-12,27H,4-6,10H2,1-3H3,(H,24,25,26). The Bertz CT molecular complexity index is 1180. The van der Waals surface area contributed by atoms with E-state index in [4.69, 9.17) is 0 Å². The van der Waals surface area contributed by atoms with Gasteiger partial charge in [0, 0.05) is 43.9 Å². The molecule has 31 heavy (non-hydrogen) atoms. The van der Waals surface area contributed by atoms with Crippen molar-refractivity contribution >= 4 is 34.8 Å². The van der Waals surface area contributed by atoms with Gasteiger partial charge in [-0.25, -0.2) is 18.1 Å². The lowest BCUT2D eigenvalue weighted by atomic mass is 10.0. The molecule has 2 N–H and O–H groups in total. The number of pyridine rings is 1. The second-order valence-electron chi connectivity index (χ2n) is 7.64. The number of hydrogen-bond donors (Lipinski definition) is 2. The number of aromatic nitrogens is 3. The Balaban J connectivity index is 1.74. The molecule has 2 aromatic heterocycles. The van der Waals surface area contributed by atoms with Crippen molar-refractivity contribution in [1.29, 1.82) is 0 Å². The zero-order valence-corrected chi connectivity index (χ0v) is 18.4. The van der Waals surface area contributed by atoms with Crippen LogP contribution in [-0.4, -0.2) is 39.0 Å². The van der Waals surface area contributed by atoms with Crippen molar-refractivity contribution in [2.45, 2.75) is 19.8 Å². The first-order chi connectivity index (χ1) is 14.9. The van der Waals surface area contributed by atoms with Gasteiger partial charge in [0.25, 0.3) is 5.56 Å². The minimum atomic E-state index is -0.822. The molecule has 1 aromatic carbocycles. The number of halogens is 2. The summed E-state index contributed by atoms with van der Waals surface area (Å²) in [6, 6.07) is 3.91. The highest BCUT2D eigenvalue weighted by molar-refractivity contribution is 7.98. The lowest BCUT2D eigenvalue weighted by molar-refractivity contribution is 0.590. The molecule has 0 atom stereocenters. The Morgan fingerprint density at radius 3 is 2.81 bits per heavy atom. The number of aryl methyl sites for hydroxylation is 1. The Morgan fingerprint density at radius 1 is 1.32 bits per heavy atom. The smallest absolute Gasteiger partial charge is 0.260 e. The van der Waals surface area contributed by atoms with Gasteiger partial charge in [-0.15, -0.1) is 0 Å². The maximum Gasteiger partial charge on any atom is 0.260 e. The van der Waals surface area contributed by atoms with E-state index in [9.17, 15) is 9.18 Å². The first-order valence-corrected chi connectivity index (χ1v) is 10.9. The summed E-state index contributed by atoms with van der Waals surface area (Å²) in [7, 11) is 3.38. The van der Waals surface area contributed by atoms with Gasteiger partial charge in [0.1, 0.15) is 11.5 Å². The molecule has 0 saturated heterocycles. The molecular weight excluding hydrogens is 422 g/mol. The van der Waals surface area contributed by atoms with Crippen molar-refractivity contribution < 1.29 is 8.78 Å². The van der Waals surface area contributed by atoms with E-state index >= 15 is 4.39 Å². The third-order valence-electron chi connectivity index (χ3n) is 5.31. The van der Waals surface area contributed by atoms with Gasteiger partial charge in [-0.3, -0.25) is 9.36 Å². The normalized spacial score (nSPS) is 13.7. The molecule has 2 heterocycles. The third kappa shape index (κ3) is 4.49. The second-order valence-corrected chi connectivity index (χ2v) is 8.65. The largest absolute Gasteiger partial charge is 0.354 e. The van der Waals surface area contributed by atoms with Crippen molar-refractivity contribution in [3.63, 3.8) is 0 Å². The van der Waals surface area contributed by atoms with Crippen molar-refractivity contribution in [2.75, 3.05) is 30.2 Å². The average Bonchev–Trinajstić information content (AvgIpc) is 3.59. The van der Waals surface area contributed by atoms with Crippen molar-refractivity contribution in [3.05, 3.63) is 46.4 Å². The maximum absolute atomic E-state index is 15.2. The highest BCUT2D eigenvalue weighted by atomic mass is 32.2. The predicted octanol–water partition coefficient (Wildman–Crippen LogP) is 4.02.